The third-order valence-electron chi connectivity index (χ3n) is 6.81. The highest BCUT2D eigenvalue weighted by molar-refractivity contribution is 7.80. The molecule has 1 N–H and O–H groups in total. The number of anilines is 1. The van der Waals surface area contributed by atoms with E-state index in [-0.39, 0.29) is 16.6 Å². The van der Waals surface area contributed by atoms with Crippen LogP contribution in [0.4, 0.5) is 5.69 Å². The van der Waals surface area contributed by atoms with Crippen LogP contribution in [0.1, 0.15) is 70.0 Å². The fourth-order valence-corrected chi connectivity index (χ4v) is 7.13. The van der Waals surface area contributed by atoms with Crippen LogP contribution in [0.15, 0.2) is 115 Å². The molecule has 2 nitrogen and oxygen atoms in total. The van der Waals surface area contributed by atoms with Crippen molar-refractivity contribution in [2.45, 2.75) is 59.3 Å². The number of benzene rings is 4. The standard InChI is InChI=1S/C36H40NOP/c1-26(24-33(38)30-23-22-27(35(2,3)4)25-31(30)36(5,6)7)37-32-20-14-15-21-34(32)39(28-16-10-8-11-17-28)29-18-12-9-13-19-29/h8-25,37H,1-7H3. The van der Waals surface area contributed by atoms with E-state index in [1.165, 1.54) is 21.5 Å². The van der Waals surface area contributed by atoms with Crippen molar-refractivity contribution in [3.8, 4) is 0 Å². The van der Waals surface area contributed by atoms with Gasteiger partial charge in [-0.2, -0.15) is 0 Å². The van der Waals surface area contributed by atoms with Crippen molar-refractivity contribution in [2.24, 2.45) is 0 Å². The molecule has 4 aromatic carbocycles. The van der Waals surface area contributed by atoms with Gasteiger partial charge in [-0.3, -0.25) is 4.79 Å². The molecule has 0 fully saturated rings. The Labute approximate surface area is 236 Å². The van der Waals surface area contributed by atoms with Gasteiger partial charge in [0.1, 0.15) is 0 Å². The molecular weight excluding hydrogens is 493 g/mol. The quantitative estimate of drug-likeness (QED) is 0.147. The van der Waals surface area contributed by atoms with E-state index >= 15 is 0 Å². The lowest BCUT2D eigenvalue weighted by atomic mass is 9.78. The molecule has 0 heterocycles. The molecule has 0 aliphatic rings. The molecule has 0 radical (unpaired) electrons. The Morgan fingerprint density at radius 3 is 1.77 bits per heavy atom. The molecule has 0 saturated carbocycles. The summed E-state index contributed by atoms with van der Waals surface area (Å²) in [5.41, 5.74) is 4.82. The van der Waals surface area contributed by atoms with Crippen molar-refractivity contribution in [1.82, 2.24) is 0 Å². The summed E-state index contributed by atoms with van der Waals surface area (Å²) in [4.78, 5) is 13.6. The first-order chi connectivity index (χ1) is 18.4. The first-order valence-electron chi connectivity index (χ1n) is 13.6. The third kappa shape index (κ3) is 6.94. The topological polar surface area (TPSA) is 29.1 Å². The monoisotopic (exact) mass is 533 g/mol. The van der Waals surface area contributed by atoms with Crippen molar-refractivity contribution in [1.29, 1.82) is 0 Å². The Bertz CT molecular complexity index is 1420. The van der Waals surface area contributed by atoms with Crippen molar-refractivity contribution < 1.29 is 4.79 Å². The van der Waals surface area contributed by atoms with Gasteiger partial charge in [0.05, 0.1) is 0 Å². The van der Waals surface area contributed by atoms with E-state index in [0.29, 0.717) is 0 Å². The number of carbonyl (C=O) groups is 1. The zero-order valence-corrected chi connectivity index (χ0v) is 25.1. The molecule has 0 amide bonds. The maximum atomic E-state index is 13.6. The molecule has 0 unspecified atom stereocenters. The number of nitrogens with one attached hydrogen (secondary N) is 1. The van der Waals surface area contributed by atoms with E-state index in [0.717, 1.165) is 22.5 Å². The van der Waals surface area contributed by atoms with Crippen molar-refractivity contribution >= 4 is 35.3 Å². The predicted octanol–water partition coefficient (Wildman–Crippen LogP) is 8.24. The van der Waals surface area contributed by atoms with Gasteiger partial charge in [-0.15, -0.1) is 0 Å². The van der Waals surface area contributed by atoms with Gasteiger partial charge in [0.25, 0.3) is 0 Å². The first kappa shape index (κ1) is 28.5. The highest BCUT2D eigenvalue weighted by Gasteiger charge is 2.25. The second-order valence-electron chi connectivity index (χ2n) is 12.1. The molecular formula is C36H40NOP. The second kappa shape index (κ2) is 11.7. The Balaban J connectivity index is 1.70. The molecule has 0 saturated heterocycles. The van der Waals surface area contributed by atoms with Crippen molar-refractivity contribution in [3.05, 3.63) is 132 Å². The van der Waals surface area contributed by atoms with E-state index in [1.54, 1.807) is 6.08 Å². The number of ketones is 1. The lowest BCUT2D eigenvalue weighted by Gasteiger charge is -2.27. The Morgan fingerprint density at radius 2 is 1.23 bits per heavy atom. The summed E-state index contributed by atoms with van der Waals surface area (Å²) in [6.45, 7) is 15.1. The average molecular weight is 534 g/mol. The first-order valence-corrected chi connectivity index (χ1v) is 14.9. The van der Waals surface area contributed by atoms with Gasteiger partial charge in [-0.1, -0.05) is 139 Å². The van der Waals surface area contributed by atoms with E-state index in [4.69, 9.17) is 0 Å². The molecule has 200 valence electrons. The van der Waals surface area contributed by atoms with Gasteiger partial charge < -0.3 is 5.32 Å². The van der Waals surface area contributed by atoms with Crippen LogP contribution in [0, 0.1) is 0 Å². The molecule has 0 bridgehead atoms. The van der Waals surface area contributed by atoms with Crippen molar-refractivity contribution in [3.63, 3.8) is 0 Å². The second-order valence-corrected chi connectivity index (χ2v) is 14.3. The summed E-state index contributed by atoms with van der Waals surface area (Å²) >= 11 is 0. The van der Waals surface area contributed by atoms with Crippen LogP contribution in [-0.2, 0) is 10.8 Å². The molecule has 0 spiro atoms. The third-order valence-corrected chi connectivity index (χ3v) is 9.31. The van der Waals surface area contributed by atoms with Crippen LogP contribution < -0.4 is 21.2 Å². The van der Waals surface area contributed by atoms with E-state index in [2.05, 4.69) is 138 Å². The summed E-state index contributed by atoms with van der Waals surface area (Å²) in [5.74, 6) is 0.0243. The lowest BCUT2D eigenvalue weighted by molar-refractivity contribution is 0.104. The van der Waals surface area contributed by atoms with Gasteiger partial charge in [0, 0.05) is 28.3 Å². The molecule has 0 aliphatic heterocycles. The fraction of sp³-hybridized carbons (Fsp3) is 0.250. The normalized spacial score (nSPS) is 12.5. The number of rotatable bonds is 7. The lowest BCUT2D eigenvalue weighted by Crippen LogP contribution is -2.23. The molecule has 4 aromatic rings. The van der Waals surface area contributed by atoms with Gasteiger partial charge in [-0.05, 0) is 53.5 Å². The summed E-state index contributed by atoms with van der Waals surface area (Å²) in [6.07, 6.45) is 1.74. The van der Waals surface area contributed by atoms with E-state index < -0.39 is 7.92 Å². The zero-order valence-electron chi connectivity index (χ0n) is 24.2. The Morgan fingerprint density at radius 1 is 0.692 bits per heavy atom. The fourth-order valence-electron chi connectivity index (χ4n) is 4.72. The van der Waals surface area contributed by atoms with Crippen LogP contribution in [0.25, 0.3) is 0 Å². The van der Waals surface area contributed by atoms with Gasteiger partial charge in [0.2, 0.25) is 0 Å². The summed E-state index contributed by atoms with van der Waals surface area (Å²) < 4.78 is 0. The Hall–Kier alpha value is -3.48. The molecule has 0 atom stereocenters. The molecule has 39 heavy (non-hydrogen) atoms. The summed E-state index contributed by atoms with van der Waals surface area (Å²) in [6, 6.07) is 36.1. The van der Waals surface area contributed by atoms with Crippen LogP contribution in [0.5, 0.6) is 0 Å². The van der Waals surface area contributed by atoms with Gasteiger partial charge in [0.15, 0.2) is 5.78 Å². The van der Waals surface area contributed by atoms with Crippen LogP contribution in [-0.4, -0.2) is 5.78 Å². The minimum absolute atomic E-state index is 0.0223. The number of carbonyl (C=O) groups excluding carboxylic acids is 1. The summed E-state index contributed by atoms with van der Waals surface area (Å²) in [7, 11) is -0.772. The maximum Gasteiger partial charge on any atom is 0.187 e. The largest absolute Gasteiger partial charge is 0.358 e. The molecule has 0 aliphatic carbocycles. The number of para-hydroxylation sites is 1. The van der Waals surface area contributed by atoms with Gasteiger partial charge >= 0.3 is 0 Å². The van der Waals surface area contributed by atoms with Crippen LogP contribution in [0.2, 0.25) is 0 Å². The SMILES string of the molecule is CC(=CC(=O)c1ccc(C(C)(C)C)cc1C(C)(C)C)Nc1ccccc1P(c1ccccc1)c1ccccc1. The predicted molar refractivity (Wildman–Crippen MR) is 171 cm³/mol. The smallest absolute Gasteiger partial charge is 0.187 e. The summed E-state index contributed by atoms with van der Waals surface area (Å²) in [5, 5.41) is 7.40. The van der Waals surface area contributed by atoms with Gasteiger partial charge in [-0.25, -0.2) is 0 Å². The molecule has 3 heteroatoms. The van der Waals surface area contributed by atoms with E-state index in [1.807, 2.05) is 19.1 Å². The number of allylic oxidation sites excluding steroid dienone is 2. The minimum Gasteiger partial charge on any atom is -0.358 e. The van der Waals surface area contributed by atoms with Crippen LogP contribution >= 0.6 is 7.92 Å². The highest BCUT2D eigenvalue weighted by atomic mass is 31.1. The number of hydrogen-bond donors (Lipinski definition) is 1. The average Bonchev–Trinajstić information content (AvgIpc) is 2.89. The van der Waals surface area contributed by atoms with Crippen LogP contribution in [0.3, 0.4) is 0 Å². The van der Waals surface area contributed by atoms with E-state index in [9.17, 15) is 4.79 Å². The molecule has 4 rings (SSSR count). The maximum absolute atomic E-state index is 13.6. The zero-order chi connectivity index (χ0) is 28.2. The van der Waals surface area contributed by atoms with Crippen molar-refractivity contribution in [2.75, 3.05) is 5.32 Å². The Kier molecular flexibility index (Phi) is 8.57. The number of hydrogen-bond acceptors (Lipinski definition) is 2. The molecule has 0 aromatic heterocycles. The highest BCUT2D eigenvalue weighted by Crippen LogP contribution is 2.36. The minimum atomic E-state index is -0.772.